The molecule has 2 N–H and O–H groups in total. The van der Waals surface area contributed by atoms with Crippen molar-refractivity contribution in [1.82, 2.24) is 15.1 Å². The Hall–Kier alpha value is -2.37. The number of carbonyl (C=O) groups is 1. The zero-order valence-electron chi connectivity index (χ0n) is 14.1. The van der Waals surface area contributed by atoms with Crippen molar-refractivity contribution in [1.29, 1.82) is 0 Å². The fourth-order valence-electron chi connectivity index (χ4n) is 3.22. The number of urea groups is 1. The van der Waals surface area contributed by atoms with Crippen LogP contribution in [0.25, 0.3) is 0 Å². The SMILES string of the molecule is Cc1nn(Cc2ccccc2F)c(C)c1NC(=O)NC1CCCC1. The summed E-state index contributed by atoms with van der Waals surface area (Å²) >= 11 is 0. The third-order valence-corrected chi connectivity index (χ3v) is 4.59. The van der Waals surface area contributed by atoms with Gasteiger partial charge in [0.1, 0.15) is 5.82 Å². The Balaban J connectivity index is 1.71. The van der Waals surface area contributed by atoms with Crippen molar-refractivity contribution in [3.63, 3.8) is 0 Å². The van der Waals surface area contributed by atoms with E-state index in [1.165, 1.54) is 18.9 Å². The molecule has 1 aromatic carbocycles. The first-order valence-corrected chi connectivity index (χ1v) is 8.39. The second-order valence-electron chi connectivity index (χ2n) is 6.37. The van der Waals surface area contributed by atoms with Crippen molar-refractivity contribution in [2.45, 2.75) is 52.1 Å². The number of nitrogens with zero attached hydrogens (tertiary/aromatic N) is 2. The van der Waals surface area contributed by atoms with Crippen LogP contribution in [0, 0.1) is 19.7 Å². The summed E-state index contributed by atoms with van der Waals surface area (Å²) in [6.45, 7) is 4.06. The number of amides is 2. The Labute approximate surface area is 141 Å². The minimum Gasteiger partial charge on any atom is -0.335 e. The predicted octanol–water partition coefficient (Wildman–Crippen LogP) is 3.75. The molecule has 2 aromatic rings. The molecule has 1 heterocycles. The summed E-state index contributed by atoms with van der Waals surface area (Å²) in [6, 6.07) is 6.72. The van der Waals surface area contributed by atoms with E-state index in [1.807, 2.05) is 13.8 Å². The molecule has 0 atom stereocenters. The molecule has 3 rings (SSSR count). The quantitative estimate of drug-likeness (QED) is 0.897. The van der Waals surface area contributed by atoms with Gasteiger partial charge in [0, 0.05) is 11.6 Å². The molecule has 24 heavy (non-hydrogen) atoms. The third kappa shape index (κ3) is 3.58. The summed E-state index contributed by atoms with van der Waals surface area (Å²) in [5.41, 5.74) is 2.81. The van der Waals surface area contributed by atoms with Crippen LogP contribution in [0.3, 0.4) is 0 Å². The van der Waals surface area contributed by atoms with E-state index in [-0.39, 0.29) is 17.9 Å². The number of benzene rings is 1. The summed E-state index contributed by atoms with van der Waals surface area (Å²) in [6.07, 6.45) is 4.42. The lowest BCUT2D eigenvalue weighted by Crippen LogP contribution is -2.36. The van der Waals surface area contributed by atoms with Crippen LogP contribution in [-0.4, -0.2) is 21.9 Å². The molecule has 0 radical (unpaired) electrons. The van der Waals surface area contributed by atoms with Crippen LogP contribution < -0.4 is 10.6 Å². The molecular weight excluding hydrogens is 307 g/mol. The van der Waals surface area contributed by atoms with Crippen LogP contribution in [-0.2, 0) is 6.54 Å². The highest BCUT2D eigenvalue weighted by atomic mass is 19.1. The summed E-state index contributed by atoms with van der Waals surface area (Å²) in [5.74, 6) is -0.251. The van der Waals surface area contributed by atoms with E-state index in [4.69, 9.17) is 0 Å². The highest BCUT2D eigenvalue weighted by molar-refractivity contribution is 5.90. The topological polar surface area (TPSA) is 59.0 Å². The molecule has 1 aliphatic rings. The van der Waals surface area contributed by atoms with E-state index in [9.17, 15) is 9.18 Å². The largest absolute Gasteiger partial charge is 0.335 e. The smallest absolute Gasteiger partial charge is 0.319 e. The van der Waals surface area contributed by atoms with Crippen LogP contribution in [0.2, 0.25) is 0 Å². The number of hydrogen-bond acceptors (Lipinski definition) is 2. The lowest BCUT2D eigenvalue weighted by atomic mass is 10.2. The fraction of sp³-hybridized carbons (Fsp3) is 0.444. The minimum atomic E-state index is -0.251. The lowest BCUT2D eigenvalue weighted by molar-refractivity contribution is 0.248. The predicted molar refractivity (Wildman–Crippen MR) is 91.6 cm³/mol. The maximum Gasteiger partial charge on any atom is 0.319 e. The van der Waals surface area contributed by atoms with E-state index >= 15 is 0 Å². The van der Waals surface area contributed by atoms with Crippen LogP contribution in [0.4, 0.5) is 14.9 Å². The average molecular weight is 330 g/mol. The molecule has 128 valence electrons. The molecule has 1 aliphatic carbocycles. The van der Waals surface area contributed by atoms with Gasteiger partial charge in [-0.15, -0.1) is 0 Å². The van der Waals surface area contributed by atoms with E-state index in [0.29, 0.717) is 17.8 Å². The molecule has 0 saturated heterocycles. The molecule has 1 saturated carbocycles. The van der Waals surface area contributed by atoms with Gasteiger partial charge in [-0.1, -0.05) is 31.0 Å². The zero-order valence-corrected chi connectivity index (χ0v) is 14.1. The maximum atomic E-state index is 13.8. The number of halogens is 1. The Morgan fingerprint density at radius 1 is 1.29 bits per heavy atom. The van der Waals surface area contributed by atoms with E-state index < -0.39 is 0 Å². The van der Waals surface area contributed by atoms with Crippen molar-refractivity contribution < 1.29 is 9.18 Å². The molecule has 2 amide bonds. The first-order valence-electron chi connectivity index (χ1n) is 8.39. The summed E-state index contributed by atoms with van der Waals surface area (Å²) in [4.78, 5) is 12.2. The number of aryl methyl sites for hydroxylation is 1. The average Bonchev–Trinajstić information content (AvgIpc) is 3.14. The normalized spacial score (nSPS) is 14.8. The third-order valence-electron chi connectivity index (χ3n) is 4.59. The Kier molecular flexibility index (Phi) is 4.83. The minimum absolute atomic E-state index is 0.196. The Morgan fingerprint density at radius 2 is 2.00 bits per heavy atom. The van der Waals surface area contributed by atoms with Gasteiger partial charge in [-0.05, 0) is 32.8 Å². The maximum absolute atomic E-state index is 13.8. The standard InChI is InChI=1S/C18H23FN4O/c1-12-17(21-18(24)20-15-8-4-5-9-15)13(2)23(22-12)11-14-7-3-6-10-16(14)19/h3,6-7,10,15H,4-5,8-9,11H2,1-2H3,(H2,20,21,24). The van der Waals surface area contributed by atoms with Gasteiger partial charge in [0.25, 0.3) is 0 Å². The van der Waals surface area contributed by atoms with Gasteiger partial charge in [-0.3, -0.25) is 4.68 Å². The molecule has 5 nitrogen and oxygen atoms in total. The highest BCUT2D eigenvalue weighted by Crippen LogP contribution is 2.22. The Bertz CT molecular complexity index is 735. The Morgan fingerprint density at radius 3 is 2.71 bits per heavy atom. The van der Waals surface area contributed by atoms with Gasteiger partial charge >= 0.3 is 6.03 Å². The van der Waals surface area contributed by atoms with E-state index in [1.54, 1.807) is 22.9 Å². The number of anilines is 1. The molecule has 0 spiro atoms. The zero-order chi connectivity index (χ0) is 17.1. The van der Waals surface area contributed by atoms with Crippen molar-refractivity contribution >= 4 is 11.7 Å². The van der Waals surface area contributed by atoms with Crippen LogP contribution in [0.1, 0.15) is 42.6 Å². The summed E-state index contributed by atoms with van der Waals surface area (Å²) in [7, 11) is 0. The second-order valence-corrected chi connectivity index (χ2v) is 6.37. The molecule has 0 aliphatic heterocycles. The van der Waals surface area contributed by atoms with E-state index in [0.717, 1.165) is 24.2 Å². The van der Waals surface area contributed by atoms with Gasteiger partial charge < -0.3 is 10.6 Å². The number of hydrogen-bond donors (Lipinski definition) is 2. The van der Waals surface area contributed by atoms with Crippen LogP contribution >= 0.6 is 0 Å². The van der Waals surface area contributed by atoms with Gasteiger partial charge in [-0.25, -0.2) is 9.18 Å². The van der Waals surface area contributed by atoms with Gasteiger partial charge in [0.05, 0.1) is 23.6 Å². The summed E-state index contributed by atoms with van der Waals surface area (Å²) in [5, 5.41) is 10.3. The van der Waals surface area contributed by atoms with Crippen molar-refractivity contribution in [2.75, 3.05) is 5.32 Å². The lowest BCUT2D eigenvalue weighted by Gasteiger charge is -2.13. The second kappa shape index (κ2) is 7.03. The van der Waals surface area contributed by atoms with Gasteiger partial charge in [0.15, 0.2) is 0 Å². The van der Waals surface area contributed by atoms with Gasteiger partial charge in [0.2, 0.25) is 0 Å². The molecular formula is C18H23FN4O. The highest BCUT2D eigenvalue weighted by Gasteiger charge is 2.19. The molecule has 6 heteroatoms. The van der Waals surface area contributed by atoms with E-state index in [2.05, 4.69) is 15.7 Å². The van der Waals surface area contributed by atoms with Crippen molar-refractivity contribution in [3.05, 3.63) is 47.0 Å². The first kappa shape index (κ1) is 16.5. The first-order chi connectivity index (χ1) is 11.5. The molecule has 1 aromatic heterocycles. The van der Waals surface area contributed by atoms with Gasteiger partial charge in [-0.2, -0.15) is 5.10 Å². The number of nitrogens with one attached hydrogen (secondary N) is 2. The van der Waals surface area contributed by atoms with Crippen molar-refractivity contribution in [2.24, 2.45) is 0 Å². The molecule has 0 unspecified atom stereocenters. The van der Waals surface area contributed by atoms with Crippen molar-refractivity contribution in [3.8, 4) is 0 Å². The molecule has 1 fully saturated rings. The summed E-state index contributed by atoms with van der Waals surface area (Å²) < 4.78 is 15.6. The van der Waals surface area contributed by atoms with Crippen LogP contribution in [0.5, 0.6) is 0 Å². The number of aromatic nitrogens is 2. The van der Waals surface area contributed by atoms with Crippen LogP contribution in [0.15, 0.2) is 24.3 Å². The fourth-order valence-corrected chi connectivity index (χ4v) is 3.22. The number of carbonyl (C=O) groups excluding carboxylic acids is 1. The molecule has 0 bridgehead atoms. The number of rotatable bonds is 4. The monoisotopic (exact) mass is 330 g/mol.